The van der Waals surface area contributed by atoms with Crippen LogP contribution in [0.2, 0.25) is 0 Å². The molecule has 3 rings (SSSR count). The fourth-order valence-electron chi connectivity index (χ4n) is 3.13. The second kappa shape index (κ2) is 6.03. The van der Waals surface area contributed by atoms with Crippen molar-refractivity contribution in [3.8, 4) is 11.8 Å². The van der Waals surface area contributed by atoms with E-state index in [1.807, 2.05) is 0 Å². The van der Waals surface area contributed by atoms with Gasteiger partial charge in [0.1, 0.15) is 17.5 Å². The van der Waals surface area contributed by atoms with Crippen LogP contribution in [0.1, 0.15) is 49.6 Å². The highest BCUT2D eigenvalue weighted by Crippen LogP contribution is 2.41. The molecule has 0 aliphatic carbocycles. The molecule has 0 amide bonds. The van der Waals surface area contributed by atoms with Gasteiger partial charge in [0.25, 0.3) is 5.56 Å². The first-order valence-electron chi connectivity index (χ1n) is 8.06. The predicted molar refractivity (Wildman–Crippen MR) is 91.3 cm³/mol. The highest BCUT2D eigenvalue weighted by atomic mass is 16.5. The van der Waals surface area contributed by atoms with E-state index >= 15 is 0 Å². The van der Waals surface area contributed by atoms with Crippen molar-refractivity contribution in [2.24, 2.45) is 0 Å². The zero-order chi connectivity index (χ0) is 18.4. The fourth-order valence-corrected chi connectivity index (χ4v) is 3.13. The van der Waals surface area contributed by atoms with Crippen LogP contribution < -0.4 is 10.3 Å². The number of pyridine rings is 1. The standard InChI is InChI=1S/C19H20N2O4/c1-11(22)13-6-7-21(16(23)9-13)17-14-8-12(10-20)4-5-15(14)25-19(2,3)18(17)24/h4-9,11,17-18,22,24H,1-3H3/t11?,17-,18+/m0/s1. The van der Waals surface area contributed by atoms with E-state index in [1.165, 1.54) is 10.6 Å². The number of aliphatic hydroxyl groups is 2. The molecule has 0 bridgehead atoms. The largest absolute Gasteiger partial charge is 0.485 e. The second-order valence-corrected chi connectivity index (χ2v) is 6.84. The second-order valence-electron chi connectivity index (χ2n) is 6.84. The highest BCUT2D eigenvalue weighted by Gasteiger charge is 2.44. The Bertz CT molecular complexity index is 908. The lowest BCUT2D eigenvalue weighted by molar-refractivity contribution is -0.0643. The summed E-state index contributed by atoms with van der Waals surface area (Å²) in [5.74, 6) is 0.533. The Kier molecular flexibility index (Phi) is 4.15. The van der Waals surface area contributed by atoms with E-state index < -0.39 is 23.9 Å². The van der Waals surface area contributed by atoms with Crippen molar-refractivity contribution in [1.82, 2.24) is 4.57 Å². The molecule has 3 atom stereocenters. The number of aliphatic hydroxyl groups excluding tert-OH is 2. The molecule has 2 N–H and O–H groups in total. The number of nitriles is 1. The zero-order valence-corrected chi connectivity index (χ0v) is 14.3. The van der Waals surface area contributed by atoms with Gasteiger partial charge in [0.05, 0.1) is 23.8 Å². The van der Waals surface area contributed by atoms with E-state index in [2.05, 4.69) is 6.07 Å². The molecule has 1 aliphatic rings. The van der Waals surface area contributed by atoms with Gasteiger partial charge in [-0.1, -0.05) is 0 Å². The minimum Gasteiger partial charge on any atom is -0.485 e. The first-order valence-corrected chi connectivity index (χ1v) is 8.06. The van der Waals surface area contributed by atoms with E-state index in [1.54, 1.807) is 51.2 Å². The third-order valence-electron chi connectivity index (χ3n) is 4.60. The van der Waals surface area contributed by atoms with Crippen LogP contribution in [0.25, 0.3) is 0 Å². The Hall–Kier alpha value is -2.62. The first kappa shape index (κ1) is 17.2. The molecule has 130 valence electrons. The van der Waals surface area contributed by atoms with E-state index in [4.69, 9.17) is 10.00 Å². The molecule has 0 saturated heterocycles. The molecule has 0 fully saturated rings. The Morgan fingerprint density at radius 2 is 2.04 bits per heavy atom. The Morgan fingerprint density at radius 3 is 2.64 bits per heavy atom. The van der Waals surface area contributed by atoms with Gasteiger partial charge in [0, 0.05) is 17.8 Å². The summed E-state index contributed by atoms with van der Waals surface area (Å²) in [5.41, 5.74) is 0.265. The van der Waals surface area contributed by atoms with E-state index in [0.29, 0.717) is 22.4 Å². The molecular formula is C19H20N2O4. The van der Waals surface area contributed by atoms with Crippen LogP contribution in [0.4, 0.5) is 0 Å². The lowest BCUT2D eigenvalue weighted by Gasteiger charge is -2.42. The number of nitrogens with zero attached hydrogens (tertiary/aromatic N) is 2. The van der Waals surface area contributed by atoms with Gasteiger partial charge in [-0.15, -0.1) is 0 Å². The van der Waals surface area contributed by atoms with Gasteiger partial charge < -0.3 is 19.5 Å². The van der Waals surface area contributed by atoms with E-state index in [0.717, 1.165) is 0 Å². The molecule has 0 radical (unpaired) electrons. The summed E-state index contributed by atoms with van der Waals surface area (Å²) in [6.07, 6.45) is -0.192. The molecule has 6 nitrogen and oxygen atoms in total. The Morgan fingerprint density at radius 1 is 1.32 bits per heavy atom. The molecule has 1 aromatic heterocycles. The van der Waals surface area contributed by atoms with Crippen molar-refractivity contribution >= 4 is 0 Å². The summed E-state index contributed by atoms with van der Waals surface area (Å²) in [6.45, 7) is 5.09. The number of benzene rings is 1. The molecule has 1 unspecified atom stereocenters. The van der Waals surface area contributed by atoms with Crippen LogP contribution >= 0.6 is 0 Å². The van der Waals surface area contributed by atoms with Crippen LogP contribution in [0.5, 0.6) is 5.75 Å². The summed E-state index contributed by atoms with van der Waals surface area (Å²) in [5, 5.41) is 29.7. The number of rotatable bonds is 2. The molecule has 1 aliphatic heterocycles. The summed E-state index contributed by atoms with van der Waals surface area (Å²) < 4.78 is 7.29. The first-order chi connectivity index (χ1) is 11.7. The molecule has 2 aromatic rings. The van der Waals surface area contributed by atoms with Gasteiger partial charge in [0.2, 0.25) is 0 Å². The van der Waals surface area contributed by atoms with Gasteiger partial charge in [-0.3, -0.25) is 4.79 Å². The summed E-state index contributed by atoms with van der Waals surface area (Å²) in [6, 6.07) is 9.33. The van der Waals surface area contributed by atoms with Gasteiger partial charge in [-0.2, -0.15) is 5.26 Å². The van der Waals surface area contributed by atoms with Crippen LogP contribution in [-0.2, 0) is 0 Å². The van der Waals surface area contributed by atoms with Crippen molar-refractivity contribution < 1.29 is 14.9 Å². The van der Waals surface area contributed by atoms with Crippen molar-refractivity contribution in [2.75, 3.05) is 0 Å². The van der Waals surface area contributed by atoms with Gasteiger partial charge >= 0.3 is 0 Å². The maximum Gasteiger partial charge on any atom is 0.251 e. The third-order valence-corrected chi connectivity index (χ3v) is 4.60. The van der Waals surface area contributed by atoms with Crippen molar-refractivity contribution in [3.05, 3.63) is 63.6 Å². The van der Waals surface area contributed by atoms with Crippen LogP contribution in [0.15, 0.2) is 41.3 Å². The third kappa shape index (κ3) is 2.93. The summed E-state index contributed by atoms with van der Waals surface area (Å²) >= 11 is 0. The number of hydrogen-bond donors (Lipinski definition) is 2. The number of ether oxygens (including phenoxy) is 1. The molecule has 25 heavy (non-hydrogen) atoms. The van der Waals surface area contributed by atoms with Crippen LogP contribution in [0.3, 0.4) is 0 Å². The number of hydrogen-bond acceptors (Lipinski definition) is 5. The smallest absolute Gasteiger partial charge is 0.251 e. The van der Waals surface area contributed by atoms with E-state index in [-0.39, 0.29) is 5.56 Å². The Balaban J connectivity index is 2.21. The molecular weight excluding hydrogens is 320 g/mol. The molecule has 0 saturated carbocycles. The summed E-state index contributed by atoms with van der Waals surface area (Å²) in [7, 11) is 0. The Labute approximate surface area is 145 Å². The normalized spacial score (nSPS) is 22.4. The molecule has 0 spiro atoms. The molecule has 2 heterocycles. The highest BCUT2D eigenvalue weighted by molar-refractivity contribution is 5.46. The van der Waals surface area contributed by atoms with Crippen LogP contribution in [-0.4, -0.2) is 26.5 Å². The van der Waals surface area contributed by atoms with Crippen molar-refractivity contribution in [1.29, 1.82) is 5.26 Å². The lowest BCUT2D eigenvalue weighted by atomic mass is 9.85. The predicted octanol–water partition coefficient (Wildman–Crippen LogP) is 1.89. The maximum atomic E-state index is 12.6. The molecule has 6 heteroatoms. The quantitative estimate of drug-likeness (QED) is 0.870. The minimum absolute atomic E-state index is 0.339. The van der Waals surface area contributed by atoms with Crippen LogP contribution in [0, 0.1) is 11.3 Å². The summed E-state index contributed by atoms with van der Waals surface area (Å²) in [4.78, 5) is 12.6. The number of aromatic nitrogens is 1. The minimum atomic E-state index is -0.996. The topological polar surface area (TPSA) is 95.5 Å². The molecule has 1 aromatic carbocycles. The average molecular weight is 340 g/mol. The van der Waals surface area contributed by atoms with E-state index in [9.17, 15) is 15.0 Å². The van der Waals surface area contributed by atoms with Gasteiger partial charge in [0.15, 0.2) is 0 Å². The fraction of sp³-hybridized carbons (Fsp3) is 0.368. The maximum absolute atomic E-state index is 12.6. The van der Waals surface area contributed by atoms with Crippen molar-refractivity contribution in [3.63, 3.8) is 0 Å². The lowest BCUT2D eigenvalue weighted by Crippen LogP contribution is -2.52. The monoisotopic (exact) mass is 340 g/mol. The van der Waals surface area contributed by atoms with Crippen molar-refractivity contribution in [2.45, 2.75) is 44.6 Å². The van der Waals surface area contributed by atoms with Gasteiger partial charge in [-0.05, 0) is 50.6 Å². The number of fused-ring (bicyclic) bond motifs is 1. The zero-order valence-electron chi connectivity index (χ0n) is 14.3. The van der Waals surface area contributed by atoms with Gasteiger partial charge in [-0.25, -0.2) is 0 Å². The average Bonchev–Trinajstić information content (AvgIpc) is 2.56. The SMILES string of the molecule is CC(O)c1ccn([C@H]2c3cc(C#N)ccc3OC(C)(C)[C@@H]2O)c(=O)c1.